The van der Waals surface area contributed by atoms with Crippen molar-refractivity contribution in [3.8, 4) is 11.5 Å². The van der Waals surface area contributed by atoms with Crippen molar-refractivity contribution < 1.29 is 12.9 Å². The summed E-state index contributed by atoms with van der Waals surface area (Å²) >= 11 is 0. The number of sulfone groups is 1. The van der Waals surface area contributed by atoms with Gasteiger partial charge in [-0.05, 0) is 30.7 Å². The zero-order valence-corrected chi connectivity index (χ0v) is 15.3. The minimum atomic E-state index is -3.27. The first-order valence-corrected chi connectivity index (χ1v) is 9.70. The number of aromatic nitrogens is 4. The highest BCUT2D eigenvalue weighted by Crippen LogP contribution is 2.25. The predicted molar refractivity (Wildman–Crippen MR) is 96.7 cm³/mol. The Hall–Kier alpha value is -3.01. The third-order valence-corrected chi connectivity index (χ3v) is 4.92. The smallest absolute Gasteiger partial charge is 0.263 e. The number of nitrogens with two attached hydrogens (primary N) is 1. The number of rotatable bonds is 5. The van der Waals surface area contributed by atoms with Crippen molar-refractivity contribution in [2.45, 2.75) is 25.2 Å². The second kappa shape index (κ2) is 6.71. The molecule has 2 aromatic heterocycles. The molecule has 10 heteroatoms. The van der Waals surface area contributed by atoms with Crippen LogP contribution in [-0.2, 0) is 16.3 Å². The molecular weight excluding hydrogens is 356 g/mol. The maximum atomic E-state index is 11.7. The first-order chi connectivity index (χ1) is 12.3. The molecule has 26 heavy (non-hydrogen) atoms. The number of anilines is 3. The fourth-order valence-corrected chi connectivity index (χ4v) is 3.36. The molecule has 0 aliphatic rings. The van der Waals surface area contributed by atoms with Gasteiger partial charge in [0.2, 0.25) is 5.95 Å². The molecular formula is C16H18N6O3S. The van der Waals surface area contributed by atoms with Crippen LogP contribution in [0.15, 0.2) is 33.8 Å². The van der Waals surface area contributed by atoms with Gasteiger partial charge in [-0.3, -0.25) is 0 Å². The molecule has 0 bridgehead atoms. The molecule has 0 atom stereocenters. The van der Waals surface area contributed by atoms with E-state index in [0.29, 0.717) is 29.1 Å². The summed E-state index contributed by atoms with van der Waals surface area (Å²) in [6, 6.07) is 4.88. The van der Waals surface area contributed by atoms with Gasteiger partial charge >= 0.3 is 0 Å². The van der Waals surface area contributed by atoms with Crippen LogP contribution >= 0.6 is 0 Å². The lowest BCUT2D eigenvalue weighted by atomic mass is 10.2. The van der Waals surface area contributed by atoms with Crippen LogP contribution in [0.5, 0.6) is 0 Å². The Morgan fingerprint density at radius 3 is 2.62 bits per heavy atom. The normalized spacial score (nSPS) is 11.5. The highest BCUT2D eigenvalue weighted by Gasteiger charge is 2.15. The van der Waals surface area contributed by atoms with Gasteiger partial charge in [-0.15, -0.1) is 0 Å². The van der Waals surface area contributed by atoms with Crippen molar-refractivity contribution in [2.24, 2.45) is 0 Å². The number of hydrogen-bond donors (Lipinski definition) is 2. The average Bonchev–Trinajstić information content (AvgIpc) is 3.02. The van der Waals surface area contributed by atoms with E-state index < -0.39 is 9.84 Å². The fourth-order valence-electron chi connectivity index (χ4n) is 2.40. The van der Waals surface area contributed by atoms with Gasteiger partial charge in [0.05, 0.1) is 4.90 Å². The van der Waals surface area contributed by atoms with Crippen LogP contribution in [0.4, 0.5) is 17.5 Å². The van der Waals surface area contributed by atoms with Crippen LogP contribution < -0.4 is 11.1 Å². The zero-order valence-electron chi connectivity index (χ0n) is 14.5. The lowest BCUT2D eigenvalue weighted by Crippen LogP contribution is -2.04. The highest BCUT2D eigenvalue weighted by atomic mass is 32.2. The summed E-state index contributed by atoms with van der Waals surface area (Å²) in [5.74, 6) is 1.30. The lowest BCUT2D eigenvalue weighted by Gasteiger charge is -2.09. The molecule has 0 aliphatic carbocycles. The van der Waals surface area contributed by atoms with E-state index in [1.54, 1.807) is 19.1 Å². The van der Waals surface area contributed by atoms with E-state index in [4.69, 9.17) is 10.3 Å². The number of benzene rings is 1. The number of nitrogens with zero attached hydrogens (tertiary/aromatic N) is 4. The van der Waals surface area contributed by atoms with Crippen molar-refractivity contribution in [1.82, 2.24) is 20.1 Å². The van der Waals surface area contributed by atoms with Gasteiger partial charge in [-0.25, -0.2) is 13.4 Å². The van der Waals surface area contributed by atoms with Crippen LogP contribution in [0.1, 0.15) is 18.3 Å². The first kappa shape index (κ1) is 17.8. The van der Waals surface area contributed by atoms with Crippen LogP contribution in [0, 0.1) is 6.92 Å². The zero-order chi connectivity index (χ0) is 18.9. The van der Waals surface area contributed by atoms with Crippen LogP contribution in [0.3, 0.4) is 0 Å². The van der Waals surface area contributed by atoms with Crippen molar-refractivity contribution in [3.63, 3.8) is 0 Å². The molecule has 0 saturated carbocycles. The molecule has 0 amide bonds. The summed E-state index contributed by atoms with van der Waals surface area (Å²) < 4.78 is 28.5. The highest BCUT2D eigenvalue weighted by molar-refractivity contribution is 7.90. The molecule has 136 valence electrons. The van der Waals surface area contributed by atoms with Crippen LogP contribution in [0.25, 0.3) is 11.5 Å². The Kier molecular flexibility index (Phi) is 4.60. The topological polar surface area (TPSA) is 137 Å². The molecule has 3 rings (SSSR count). The largest absolute Gasteiger partial charge is 0.383 e. The standard InChI is InChI=1S/C16H18N6O3S/c1-4-13-20-15(25-22-13)11-8-18-16(21-14(11)17)19-10-5-6-12(9(2)7-10)26(3,23)24/h5-8H,4H2,1-3H3,(H3,17,18,19,21). The Labute approximate surface area is 150 Å². The Balaban J connectivity index is 1.85. The van der Waals surface area contributed by atoms with E-state index >= 15 is 0 Å². The number of nitrogen functional groups attached to an aromatic ring is 1. The molecule has 3 N–H and O–H groups in total. The molecule has 0 unspecified atom stereocenters. The lowest BCUT2D eigenvalue weighted by molar-refractivity contribution is 0.423. The maximum absolute atomic E-state index is 11.7. The maximum Gasteiger partial charge on any atom is 0.263 e. The fraction of sp³-hybridized carbons (Fsp3) is 0.250. The average molecular weight is 374 g/mol. The second-order valence-electron chi connectivity index (χ2n) is 5.74. The van der Waals surface area contributed by atoms with Crippen molar-refractivity contribution in [3.05, 3.63) is 35.8 Å². The molecule has 9 nitrogen and oxygen atoms in total. The summed E-state index contributed by atoms with van der Waals surface area (Å²) in [5.41, 5.74) is 7.69. The number of aryl methyl sites for hydroxylation is 2. The predicted octanol–water partition coefficient (Wildman–Crippen LogP) is 2.13. The first-order valence-electron chi connectivity index (χ1n) is 7.81. The van der Waals surface area contributed by atoms with Gasteiger partial charge in [0.1, 0.15) is 11.4 Å². The minimum absolute atomic E-state index is 0.193. The molecule has 0 fully saturated rings. The molecule has 3 aromatic rings. The molecule has 0 saturated heterocycles. The minimum Gasteiger partial charge on any atom is -0.383 e. The number of hydrogen-bond acceptors (Lipinski definition) is 9. The van der Waals surface area contributed by atoms with E-state index in [-0.39, 0.29) is 22.6 Å². The van der Waals surface area contributed by atoms with E-state index in [9.17, 15) is 8.42 Å². The van der Waals surface area contributed by atoms with Crippen LogP contribution in [-0.4, -0.2) is 34.8 Å². The van der Waals surface area contributed by atoms with Gasteiger partial charge in [0.15, 0.2) is 15.7 Å². The van der Waals surface area contributed by atoms with Gasteiger partial charge in [0, 0.05) is 24.6 Å². The molecule has 0 aliphatic heterocycles. The SMILES string of the molecule is CCc1noc(-c2cnc(Nc3ccc(S(C)(=O)=O)c(C)c3)nc2N)n1. The van der Waals surface area contributed by atoms with Crippen LogP contribution in [0.2, 0.25) is 0 Å². The summed E-state index contributed by atoms with van der Waals surface area (Å²) in [4.78, 5) is 12.9. The van der Waals surface area contributed by atoms with Crippen molar-refractivity contribution in [1.29, 1.82) is 0 Å². The van der Waals surface area contributed by atoms with Gasteiger partial charge in [0.25, 0.3) is 5.89 Å². The van der Waals surface area contributed by atoms with Gasteiger partial charge < -0.3 is 15.6 Å². The van der Waals surface area contributed by atoms with E-state index in [1.807, 2.05) is 6.92 Å². The molecule has 2 heterocycles. The van der Waals surface area contributed by atoms with Gasteiger partial charge in [-0.1, -0.05) is 12.1 Å². The summed E-state index contributed by atoms with van der Waals surface area (Å²) in [6.45, 7) is 3.64. The number of nitrogens with one attached hydrogen (secondary N) is 1. The third-order valence-electron chi connectivity index (χ3n) is 3.66. The van der Waals surface area contributed by atoms with E-state index in [2.05, 4.69) is 25.4 Å². The summed E-state index contributed by atoms with van der Waals surface area (Å²) in [5, 5.41) is 6.81. The molecule has 1 aromatic carbocycles. The Bertz CT molecular complexity index is 1060. The van der Waals surface area contributed by atoms with E-state index in [0.717, 1.165) is 0 Å². The Morgan fingerprint density at radius 1 is 1.27 bits per heavy atom. The summed E-state index contributed by atoms with van der Waals surface area (Å²) in [6.07, 6.45) is 3.31. The third kappa shape index (κ3) is 3.64. The molecule has 0 spiro atoms. The van der Waals surface area contributed by atoms with Crippen molar-refractivity contribution >= 4 is 27.3 Å². The van der Waals surface area contributed by atoms with Crippen molar-refractivity contribution in [2.75, 3.05) is 17.3 Å². The molecule has 0 radical (unpaired) electrons. The van der Waals surface area contributed by atoms with E-state index in [1.165, 1.54) is 18.5 Å². The quantitative estimate of drug-likeness (QED) is 0.687. The second-order valence-corrected chi connectivity index (χ2v) is 7.72. The Morgan fingerprint density at radius 2 is 2.04 bits per heavy atom. The van der Waals surface area contributed by atoms with Gasteiger partial charge in [-0.2, -0.15) is 9.97 Å². The summed E-state index contributed by atoms with van der Waals surface area (Å²) in [7, 11) is -3.27. The monoisotopic (exact) mass is 374 g/mol.